The van der Waals surface area contributed by atoms with E-state index in [-0.39, 0.29) is 6.29 Å². The van der Waals surface area contributed by atoms with Crippen LogP contribution in [-0.2, 0) is 9.47 Å². The number of hydrogen-bond donors (Lipinski definition) is 1. The molecule has 5 heteroatoms. The summed E-state index contributed by atoms with van der Waals surface area (Å²) >= 11 is 12.4. The van der Waals surface area contributed by atoms with Gasteiger partial charge < -0.3 is 9.47 Å². The van der Waals surface area contributed by atoms with Crippen LogP contribution in [0.4, 0.5) is 0 Å². The summed E-state index contributed by atoms with van der Waals surface area (Å²) in [5.41, 5.74) is 2.19. The fourth-order valence-corrected chi connectivity index (χ4v) is 4.10. The lowest BCUT2D eigenvalue weighted by Crippen LogP contribution is -1.95. The van der Waals surface area contributed by atoms with Gasteiger partial charge in [-0.15, -0.1) is 24.0 Å². The Morgan fingerprint density at radius 3 is 2.74 bits per heavy atom. The fourth-order valence-electron chi connectivity index (χ4n) is 2.21. The topological polar surface area (TPSA) is 18.5 Å². The van der Waals surface area contributed by atoms with Gasteiger partial charge in [-0.1, -0.05) is 23.7 Å². The second-order valence-corrected chi connectivity index (χ2v) is 6.47. The van der Waals surface area contributed by atoms with Gasteiger partial charge in [-0.25, -0.2) is 0 Å². The van der Waals surface area contributed by atoms with Crippen LogP contribution in [0.2, 0.25) is 5.02 Å². The molecule has 2 aromatic rings. The zero-order chi connectivity index (χ0) is 13.4. The molecule has 0 amide bonds. The Morgan fingerprint density at radius 2 is 2.05 bits per heavy atom. The molecule has 1 fully saturated rings. The van der Waals surface area contributed by atoms with Crippen molar-refractivity contribution in [2.24, 2.45) is 0 Å². The predicted molar refractivity (Wildman–Crippen MR) is 81.4 cm³/mol. The SMILES string of the molecule is Cc1sc(C2OCCO2)c(S)c1-c1cccc(Cl)c1. The van der Waals surface area contributed by atoms with Gasteiger partial charge in [0.1, 0.15) is 0 Å². The second-order valence-electron chi connectivity index (χ2n) is 4.33. The Bertz CT molecular complexity index is 603. The largest absolute Gasteiger partial charge is 0.345 e. The molecule has 0 atom stereocenters. The Labute approximate surface area is 126 Å². The third kappa shape index (κ3) is 2.56. The Kier molecular flexibility index (Phi) is 3.87. The van der Waals surface area contributed by atoms with Gasteiger partial charge in [0.25, 0.3) is 0 Å². The molecule has 1 aliphatic rings. The molecule has 0 aliphatic carbocycles. The molecule has 0 saturated carbocycles. The minimum atomic E-state index is -0.274. The Balaban J connectivity index is 2.07. The molecule has 100 valence electrons. The van der Waals surface area contributed by atoms with Gasteiger partial charge in [-0.3, -0.25) is 0 Å². The molecule has 0 spiro atoms. The molecule has 3 rings (SSSR count). The molecule has 19 heavy (non-hydrogen) atoms. The van der Waals surface area contributed by atoms with Gasteiger partial charge in [0, 0.05) is 20.4 Å². The van der Waals surface area contributed by atoms with Crippen molar-refractivity contribution in [3.8, 4) is 11.1 Å². The van der Waals surface area contributed by atoms with Crippen molar-refractivity contribution >= 4 is 35.6 Å². The second kappa shape index (κ2) is 5.46. The molecular formula is C14H13ClO2S2. The highest BCUT2D eigenvalue weighted by Gasteiger charge is 2.25. The summed E-state index contributed by atoms with van der Waals surface area (Å²) in [5, 5.41) is 0.728. The summed E-state index contributed by atoms with van der Waals surface area (Å²) in [5.74, 6) is 0. The minimum Gasteiger partial charge on any atom is -0.345 e. The number of aryl methyl sites for hydroxylation is 1. The van der Waals surface area contributed by atoms with E-state index >= 15 is 0 Å². The first-order valence-corrected chi connectivity index (χ1v) is 7.62. The van der Waals surface area contributed by atoms with Gasteiger partial charge in [0.2, 0.25) is 0 Å². The summed E-state index contributed by atoms with van der Waals surface area (Å²) in [7, 11) is 0. The average Bonchev–Trinajstić information content (AvgIpc) is 2.97. The Hall–Kier alpha value is -0.520. The van der Waals surface area contributed by atoms with E-state index in [1.807, 2.05) is 24.3 Å². The van der Waals surface area contributed by atoms with Crippen molar-refractivity contribution in [3.63, 3.8) is 0 Å². The highest BCUT2D eigenvalue weighted by Crippen LogP contribution is 2.43. The summed E-state index contributed by atoms with van der Waals surface area (Å²) in [4.78, 5) is 3.16. The lowest BCUT2D eigenvalue weighted by atomic mass is 10.1. The first kappa shape index (κ1) is 13.5. The van der Waals surface area contributed by atoms with Crippen LogP contribution in [0.5, 0.6) is 0 Å². The molecule has 1 aliphatic heterocycles. The van der Waals surface area contributed by atoms with E-state index in [0.29, 0.717) is 13.2 Å². The summed E-state index contributed by atoms with van der Waals surface area (Å²) in [6.45, 7) is 3.36. The quantitative estimate of drug-likeness (QED) is 0.809. The number of thiol groups is 1. The number of rotatable bonds is 2. The smallest absolute Gasteiger partial charge is 0.194 e. The van der Waals surface area contributed by atoms with E-state index in [9.17, 15) is 0 Å². The molecule has 0 unspecified atom stereocenters. The van der Waals surface area contributed by atoms with Gasteiger partial charge in [-0.05, 0) is 24.6 Å². The molecule has 1 aromatic carbocycles. The van der Waals surface area contributed by atoms with Crippen molar-refractivity contribution in [2.75, 3.05) is 13.2 Å². The highest BCUT2D eigenvalue weighted by atomic mass is 35.5. The molecule has 0 radical (unpaired) electrons. The maximum Gasteiger partial charge on any atom is 0.194 e. The summed E-state index contributed by atoms with van der Waals surface area (Å²) < 4.78 is 11.1. The molecule has 1 saturated heterocycles. The van der Waals surface area contributed by atoms with Crippen LogP contribution < -0.4 is 0 Å². The third-order valence-corrected chi connectivity index (χ3v) is 5.01. The number of ether oxygens (including phenoxy) is 2. The lowest BCUT2D eigenvalue weighted by Gasteiger charge is -2.08. The van der Waals surface area contributed by atoms with Crippen LogP contribution >= 0.6 is 35.6 Å². The van der Waals surface area contributed by atoms with Crippen molar-refractivity contribution in [3.05, 3.63) is 39.0 Å². The van der Waals surface area contributed by atoms with Crippen LogP contribution in [0.3, 0.4) is 0 Å². The standard InChI is InChI=1S/C14H13ClO2S2/c1-8-11(9-3-2-4-10(15)7-9)12(18)13(19-8)14-16-5-6-17-14/h2-4,7,14,18H,5-6H2,1H3. The zero-order valence-electron chi connectivity index (χ0n) is 10.4. The molecule has 0 bridgehead atoms. The van der Waals surface area contributed by atoms with Crippen molar-refractivity contribution < 1.29 is 9.47 Å². The molecular weight excluding hydrogens is 300 g/mol. The molecule has 1 aromatic heterocycles. The van der Waals surface area contributed by atoms with Crippen LogP contribution in [0.1, 0.15) is 16.0 Å². The zero-order valence-corrected chi connectivity index (χ0v) is 12.8. The van der Waals surface area contributed by atoms with Gasteiger partial charge in [0.05, 0.1) is 18.1 Å². The first-order chi connectivity index (χ1) is 9.16. The minimum absolute atomic E-state index is 0.274. The van der Waals surface area contributed by atoms with Crippen molar-refractivity contribution in [2.45, 2.75) is 18.1 Å². The maximum absolute atomic E-state index is 6.06. The van der Waals surface area contributed by atoms with Crippen LogP contribution in [0.25, 0.3) is 11.1 Å². The number of benzene rings is 1. The molecule has 0 N–H and O–H groups in total. The summed E-state index contributed by atoms with van der Waals surface area (Å²) in [6, 6.07) is 7.82. The lowest BCUT2D eigenvalue weighted by molar-refractivity contribution is -0.0430. The van der Waals surface area contributed by atoms with E-state index < -0.39 is 0 Å². The summed E-state index contributed by atoms with van der Waals surface area (Å²) in [6.07, 6.45) is -0.274. The number of thiophene rings is 1. The van der Waals surface area contributed by atoms with E-state index in [1.165, 1.54) is 4.88 Å². The van der Waals surface area contributed by atoms with Crippen molar-refractivity contribution in [1.29, 1.82) is 0 Å². The van der Waals surface area contributed by atoms with E-state index in [0.717, 1.165) is 25.9 Å². The monoisotopic (exact) mass is 312 g/mol. The van der Waals surface area contributed by atoms with Gasteiger partial charge in [-0.2, -0.15) is 0 Å². The van der Waals surface area contributed by atoms with Gasteiger partial charge >= 0.3 is 0 Å². The predicted octanol–water partition coefficient (Wildman–Crippen LogP) is 4.71. The van der Waals surface area contributed by atoms with Crippen molar-refractivity contribution in [1.82, 2.24) is 0 Å². The van der Waals surface area contributed by atoms with E-state index in [4.69, 9.17) is 21.1 Å². The van der Waals surface area contributed by atoms with E-state index in [1.54, 1.807) is 11.3 Å². The fraction of sp³-hybridized carbons (Fsp3) is 0.286. The van der Waals surface area contributed by atoms with E-state index in [2.05, 4.69) is 19.6 Å². The molecule has 2 heterocycles. The Morgan fingerprint density at radius 1 is 1.32 bits per heavy atom. The third-order valence-electron chi connectivity index (χ3n) is 3.03. The number of halogens is 1. The van der Waals surface area contributed by atoms with Crippen LogP contribution in [0, 0.1) is 6.92 Å². The van der Waals surface area contributed by atoms with Crippen LogP contribution in [0.15, 0.2) is 29.2 Å². The highest BCUT2D eigenvalue weighted by molar-refractivity contribution is 7.80. The maximum atomic E-state index is 6.06. The van der Waals surface area contributed by atoms with Crippen LogP contribution in [-0.4, -0.2) is 13.2 Å². The van der Waals surface area contributed by atoms with Gasteiger partial charge in [0.15, 0.2) is 6.29 Å². The molecule has 2 nitrogen and oxygen atoms in total. The number of hydrogen-bond acceptors (Lipinski definition) is 4. The first-order valence-electron chi connectivity index (χ1n) is 5.98. The average molecular weight is 313 g/mol. The normalized spacial score (nSPS) is 16.2.